The van der Waals surface area contributed by atoms with Gasteiger partial charge >= 0.3 is 35.8 Å². The molecule has 6 aromatic rings. The molecule has 4 N–H and O–H groups in total. The van der Waals surface area contributed by atoms with Crippen molar-refractivity contribution in [3.63, 3.8) is 0 Å². The van der Waals surface area contributed by atoms with Crippen LogP contribution in [0.4, 0.5) is 0 Å². The minimum Gasteiger partial charge on any atom is -0.481 e. The fourth-order valence-corrected chi connectivity index (χ4v) is 14.1. The third kappa shape index (κ3) is 23.7. The Morgan fingerprint density at radius 3 is 0.850 bits per heavy atom. The van der Waals surface area contributed by atoms with Crippen LogP contribution in [0.1, 0.15) is 103 Å². The first kappa shape index (κ1) is 80.7. The Morgan fingerprint density at radius 1 is 0.410 bits per heavy atom. The summed E-state index contributed by atoms with van der Waals surface area (Å²) in [4.78, 5) is 135. The first-order valence-electron chi connectivity index (χ1n) is 32.7. The smallest absolute Gasteiger partial charge is 0.336 e. The van der Waals surface area contributed by atoms with Gasteiger partial charge in [-0.2, -0.15) is 0 Å². The molecule has 0 bridgehead atoms. The molecule has 0 atom stereocenters. The number of ether oxygens (including phenoxy) is 3. The molecule has 3 amide bonds. The van der Waals surface area contributed by atoms with E-state index in [1.165, 1.54) is 71.9 Å². The van der Waals surface area contributed by atoms with Crippen LogP contribution in [-0.2, 0) is 111 Å². The van der Waals surface area contributed by atoms with Crippen LogP contribution < -0.4 is 0 Å². The molecule has 28 heteroatoms. The van der Waals surface area contributed by atoms with Crippen molar-refractivity contribution >= 4 is 87.5 Å². The average Bonchev–Trinajstić information content (AvgIpc) is 0.889. The molecule has 3 aliphatic heterocycles. The average molecular weight is 1440 g/mol. The number of carbonyl (C=O) groups is 9. The van der Waals surface area contributed by atoms with E-state index in [9.17, 15) is 43.2 Å². The van der Waals surface area contributed by atoms with Gasteiger partial charge in [-0.1, -0.05) is 109 Å². The zero-order valence-electron chi connectivity index (χ0n) is 57.4. The van der Waals surface area contributed by atoms with Gasteiger partial charge in [0, 0.05) is 94.3 Å². The number of carbonyl (C=O) groups excluding carboxylic acids is 6. The molecule has 25 nitrogen and oxygen atoms in total. The molecule has 9 rings (SSSR count). The largest absolute Gasteiger partial charge is 0.481 e. The summed E-state index contributed by atoms with van der Waals surface area (Å²) in [5.41, 5.74) is -3.19. The molecule has 0 aliphatic carbocycles. The number of hydrogen-bond donors (Lipinski definition) is 4. The summed E-state index contributed by atoms with van der Waals surface area (Å²) < 4.78 is 15.3. The van der Waals surface area contributed by atoms with E-state index in [0.717, 1.165) is 55.6 Å². The molecule has 542 valence electrons. The maximum atomic E-state index is 12.8. The molecule has 0 unspecified atom stereocenters. The monoisotopic (exact) mass is 1440 g/mol. The van der Waals surface area contributed by atoms with E-state index in [4.69, 9.17) is 49.1 Å². The van der Waals surface area contributed by atoms with E-state index in [2.05, 4.69) is 67.2 Å². The topological polar surface area (TPSA) is 309 Å². The summed E-state index contributed by atoms with van der Waals surface area (Å²) >= 11 is 5.28. The number of aliphatic hydroxyl groups is 1. The van der Waals surface area contributed by atoms with E-state index in [1.807, 2.05) is 91.0 Å². The van der Waals surface area contributed by atoms with Crippen LogP contribution in [0.15, 0.2) is 144 Å². The lowest BCUT2D eigenvalue weighted by atomic mass is 9.86. The molecule has 3 aromatic heterocycles. The Balaban J connectivity index is 0.000000217. The third-order valence-corrected chi connectivity index (χ3v) is 20.2. The standard InChI is InChI=1S/3C22H28N2O4S.C6H8O7/c3*1-18(25)24(28-17-19-7-4-3-5-8-19)22(21(26)27-2)11-14-23(15-12-22)13-10-20-9-6-16-29-20;7-3(8)1-6(13,5(11)12)2-4(9)10/h3*3-9,16H,10-15,17H2,1-2H3;13H,1-2H2,(H,7,8)(H,9,10)(H,11,12). The van der Waals surface area contributed by atoms with Gasteiger partial charge in [0.2, 0.25) is 17.7 Å². The highest BCUT2D eigenvalue weighted by Crippen LogP contribution is 2.35. The van der Waals surface area contributed by atoms with Crippen molar-refractivity contribution in [2.24, 2.45) is 0 Å². The number of thiophene rings is 3. The van der Waals surface area contributed by atoms with Gasteiger partial charge in [-0.25, -0.2) is 34.4 Å². The number of hydrogen-bond acceptors (Lipinski definition) is 22. The molecular formula is C72H92N6O19S3. The fourth-order valence-electron chi connectivity index (χ4n) is 12.1. The number of nitrogens with zero attached hydrogens (tertiary/aromatic N) is 6. The van der Waals surface area contributed by atoms with Gasteiger partial charge in [-0.05, 0) is 109 Å². The molecule has 6 heterocycles. The zero-order valence-corrected chi connectivity index (χ0v) is 59.9. The summed E-state index contributed by atoms with van der Waals surface area (Å²) in [7, 11) is 4.09. The lowest BCUT2D eigenvalue weighted by molar-refractivity contribution is -0.239. The number of benzene rings is 3. The Kier molecular flexibility index (Phi) is 32.5. The first-order valence-corrected chi connectivity index (χ1v) is 35.4. The molecule has 3 fully saturated rings. The minimum atomic E-state index is -2.74. The fraction of sp³-hybridized carbons (Fsp3) is 0.458. The van der Waals surface area contributed by atoms with Crippen molar-refractivity contribution < 1.29 is 92.3 Å². The van der Waals surface area contributed by atoms with Crippen molar-refractivity contribution in [3.05, 3.63) is 175 Å². The number of carboxylic acids is 3. The normalized spacial score (nSPS) is 15.6. The maximum absolute atomic E-state index is 12.8. The summed E-state index contributed by atoms with van der Waals surface area (Å²) in [6.45, 7) is 12.0. The molecule has 3 saturated heterocycles. The summed E-state index contributed by atoms with van der Waals surface area (Å²) in [5, 5.41) is 43.8. The summed E-state index contributed by atoms with van der Waals surface area (Å²) in [6.07, 6.45) is 3.59. The van der Waals surface area contributed by atoms with Crippen LogP contribution in [0.5, 0.6) is 0 Å². The van der Waals surface area contributed by atoms with Crippen molar-refractivity contribution in [1.29, 1.82) is 0 Å². The third-order valence-electron chi connectivity index (χ3n) is 17.4. The van der Waals surface area contributed by atoms with Gasteiger partial charge in [0.1, 0.15) is 19.8 Å². The Morgan fingerprint density at radius 2 is 0.660 bits per heavy atom. The van der Waals surface area contributed by atoms with Gasteiger partial charge < -0.3 is 49.3 Å². The predicted molar refractivity (Wildman–Crippen MR) is 374 cm³/mol. The molecular weight excluding hydrogens is 1350 g/mol. The SMILES string of the molecule is COC(=O)C1(N(OCc2ccccc2)C(C)=O)CCN(CCc2cccs2)CC1.COC(=O)C1(N(OCc2ccccc2)C(C)=O)CCN(CCc2cccs2)CC1.COC(=O)C1(N(OCc2ccccc2)C(C)=O)CCN(CCc2cccs2)CC1.O=C(O)CC(O)(CC(=O)O)C(=O)O. The van der Waals surface area contributed by atoms with E-state index >= 15 is 0 Å². The Labute approximate surface area is 595 Å². The number of hydroxylamine groups is 6. The quantitative estimate of drug-likeness (QED) is 0.0194. The summed E-state index contributed by atoms with van der Waals surface area (Å²) in [6, 6.07) is 41.4. The molecule has 3 aromatic carbocycles. The number of rotatable bonds is 29. The van der Waals surface area contributed by atoms with Gasteiger partial charge in [0.15, 0.2) is 22.2 Å². The highest BCUT2D eigenvalue weighted by Gasteiger charge is 2.53. The van der Waals surface area contributed by atoms with Crippen LogP contribution in [-0.4, -0.2) is 206 Å². The van der Waals surface area contributed by atoms with Crippen LogP contribution in [0.25, 0.3) is 0 Å². The van der Waals surface area contributed by atoms with Crippen molar-refractivity contribution in [2.45, 2.75) is 133 Å². The first-order chi connectivity index (χ1) is 47.9. The number of amides is 3. The molecule has 3 aliphatic rings. The van der Waals surface area contributed by atoms with Crippen molar-refractivity contribution in [2.75, 3.05) is 80.2 Å². The number of likely N-dealkylation sites (tertiary alicyclic amines) is 3. The van der Waals surface area contributed by atoms with Crippen molar-refractivity contribution in [1.82, 2.24) is 29.9 Å². The number of piperidine rings is 3. The van der Waals surface area contributed by atoms with E-state index < -0.39 is 70.9 Å². The Bertz CT molecular complexity index is 3150. The number of methoxy groups -OCH3 is 3. The lowest BCUT2D eigenvalue weighted by Crippen LogP contribution is -2.61. The minimum absolute atomic E-state index is 0.223. The highest BCUT2D eigenvalue weighted by atomic mass is 32.1. The number of carboxylic acid groups (broad SMARTS) is 3. The molecule has 0 spiro atoms. The maximum Gasteiger partial charge on any atom is 0.336 e. The van der Waals surface area contributed by atoms with Gasteiger partial charge in [-0.3, -0.25) is 38.5 Å². The van der Waals surface area contributed by atoms with Crippen LogP contribution in [0, 0.1) is 0 Å². The van der Waals surface area contributed by atoms with E-state index in [-0.39, 0.29) is 37.5 Å². The second-order valence-corrected chi connectivity index (χ2v) is 27.4. The summed E-state index contributed by atoms with van der Waals surface area (Å²) in [5.74, 6) is -7.15. The second-order valence-electron chi connectivity index (χ2n) is 24.3. The predicted octanol–water partition coefficient (Wildman–Crippen LogP) is 8.59. The van der Waals surface area contributed by atoms with Crippen LogP contribution >= 0.6 is 34.0 Å². The number of esters is 3. The van der Waals surface area contributed by atoms with Gasteiger partial charge in [0.25, 0.3) is 0 Å². The molecule has 100 heavy (non-hydrogen) atoms. The van der Waals surface area contributed by atoms with Gasteiger partial charge in [0.05, 0.1) is 34.2 Å². The van der Waals surface area contributed by atoms with Crippen LogP contribution in [0.2, 0.25) is 0 Å². The zero-order chi connectivity index (χ0) is 72.7. The number of aliphatic carboxylic acids is 3. The lowest BCUT2D eigenvalue weighted by Gasteiger charge is -2.45. The van der Waals surface area contributed by atoms with Crippen molar-refractivity contribution in [3.8, 4) is 0 Å². The molecule has 0 saturated carbocycles. The highest BCUT2D eigenvalue weighted by molar-refractivity contribution is 7.10. The van der Waals surface area contributed by atoms with E-state index in [0.29, 0.717) is 77.8 Å². The second kappa shape index (κ2) is 40.2. The molecule has 0 radical (unpaired) electrons. The van der Waals surface area contributed by atoms with Gasteiger partial charge in [-0.15, -0.1) is 34.0 Å². The Hall–Kier alpha value is -8.29. The van der Waals surface area contributed by atoms with Crippen LogP contribution in [0.3, 0.4) is 0 Å². The van der Waals surface area contributed by atoms with E-state index in [1.54, 1.807) is 34.0 Å².